The third kappa shape index (κ3) is 5.24. The quantitative estimate of drug-likeness (QED) is 0.223. The van der Waals surface area contributed by atoms with Crippen LogP contribution in [-0.4, -0.2) is 62.5 Å². The first-order valence-electron chi connectivity index (χ1n) is 16.4. The van der Waals surface area contributed by atoms with Gasteiger partial charge in [-0.05, 0) is 79.3 Å². The lowest BCUT2D eigenvalue weighted by molar-refractivity contribution is -0.131. The van der Waals surface area contributed by atoms with E-state index in [9.17, 15) is 14.0 Å². The Kier molecular flexibility index (Phi) is 7.12. The number of rotatable bonds is 10. The van der Waals surface area contributed by atoms with Crippen LogP contribution in [0.1, 0.15) is 60.3 Å². The van der Waals surface area contributed by atoms with Gasteiger partial charge in [0.15, 0.2) is 11.5 Å². The summed E-state index contributed by atoms with van der Waals surface area (Å²) in [4.78, 5) is 29.6. The molecule has 2 aromatic heterocycles. The molecule has 4 heterocycles. The number of fused-ring (bicyclic) bond motifs is 3. The number of halogens is 1. The van der Waals surface area contributed by atoms with Crippen molar-refractivity contribution in [1.29, 1.82) is 0 Å². The second kappa shape index (κ2) is 11.2. The molecule has 46 heavy (non-hydrogen) atoms. The van der Waals surface area contributed by atoms with E-state index in [-0.39, 0.29) is 43.5 Å². The minimum absolute atomic E-state index is 0.0154. The number of carbonyl (C=O) groups excluding carboxylic acids is 2. The second-order valence-corrected chi connectivity index (χ2v) is 13.7. The lowest BCUT2D eigenvalue weighted by Gasteiger charge is -2.28. The van der Waals surface area contributed by atoms with Crippen molar-refractivity contribution in [3.05, 3.63) is 83.2 Å². The van der Waals surface area contributed by atoms with Gasteiger partial charge in [0.05, 0.1) is 48.2 Å². The summed E-state index contributed by atoms with van der Waals surface area (Å²) < 4.78 is 22.6. The van der Waals surface area contributed by atoms with E-state index in [1.807, 2.05) is 55.3 Å². The number of anilines is 1. The molecule has 0 unspecified atom stereocenters. The maximum atomic E-state index is 15.0. The van der Waals surface area contributed by atoms with Gasteiger partial charge >= 0.3 is 0 Å². The Morgan fingerprint density at radius 3 is 2.59 bits per heavy atom. The third-order valence-corrected chi connectivity index (χ3v) is 10.7. The van der Waals surface area contributed by atoms with Crippen LogP contribution >= 0.6 is 0 Å². The molecule has 8 nitrogen and oxygen atoms in total. The van der Waals surface area contributed by atoms with Crippen molar-refractivity contribution in [2.45, 2.75) is 75.6 Å². The van der Waals surface area contributed by atoms with E-state index in [2.05, 4.69) is 44.5 Å². The number of morpholine rings is 1. The largest absolute Gasteiger partial charge is 0.374 e. The Hall–Kier alpha value is -4.24. The first-order valence-corrected chi connectivity index (χ1v) is 16.4. The van der Waals surface area contributed by atoms with E-state index in [1.165, 1.54) is 5.56 Å². The zero-order valence-electron chi connectivity index (χ0n) is 26.3. The van der Waals surface area contributed by atoms with Gasteiger partial charge in [0, 0.05) is 43.5 Å². The molecule has 8 rings (SSSR count). The van der Waals surface area contributed by atoms with Gasteiger partial charge in [-0.1, -0.05) is 36.4 Å². The monoisotopic (exact) mass is 619 g/mol. The summed E-state index contributed by atoms with van der Waals surface area (Å²) in [5.74, 6) is -1.19. The van der Waals surface area contributed by atoms with E-state index in [0.29, 0.717) is 6.04 Å². The Labute approximate surface area is 268 Å². The van der Waals surface area contributed by atoms with Crippen LogP contribution in [0.2, 0.25) is 0 Å². The van der Waals surface area contributed by atoms with E-state index in [1.54, 1.807) is 0 Å². The summed E-state index contributed by atoms with van der Waals surface area (Å²) in [7, 11) is 1.92. The molecule has 0 N–H and O–H groups in total. The Morgan fingerprint density at radius 1 is 1.09 bits per heavy atom. The van der Waals surface area contributed by atoms with Gasteiger partial charge in [-0.25, -0.2) is 4.39 Å². The molecule has 2 saturated heterocycles. The van der Waals surface area contributed by atoms with Crippen LogP contribution in [-0.2, 0) is 34.2 Å². The van der Waals surface area contributed by atoms with Gasteiger partial charge in [-0.2, -0.15) is 15.3 Å². The average Bonchev–Trinajstić information content (AvgIpc) is 3.47. The molecule has 3 fully saturated rings. The van der Waals surface area contributed by atoms with Crippen molar-refractivity contribution in [3.8, 4) is 22.5 Å². The summed E-state index contributed by atoms with van der Waals surface area (Å²) in [6.07, 6.45) is 7.20. The number of nitrogens with zero attached hydrogens (tertiary/aromatic N) is 5. The predicted octanol–water partition coefficient (Wildman–Crippen LogP) is 5.75. The fourth-order valence-electron chi connectivity index (χ4n) is 7.91. The summed E-state index contributed by atoms with van der Waals surface area (Å²) in [5, 5.41) is 13.2. The van der Waals surface area contributed by atoms with E-state index in [0.717, 1.165) is 77.3 Å². The Morgan fingerprint density at radius 2 is 1.89 bits per heavy atom. The molecule has 2 bridgehead atoms. The number of Topliss-reactive ketones (excluding diaryl/α,β-unsaturated/α-hetero) is 2. The molecule has 2 aromatic carbocycles. The molecule has 2 aliphatic heterocycles. The van der Waals surface area contributed by atoms with E-state index in [4.69, 9.17) is 4.74 Å². The lowest BCUT2D eigenvalue weighted by atomic mass is 9.78. The highest BCUT2D eigenvalue weighted by Gasteiger charge is 2.51. The zero-order valence-corrected chi connectivity index (χ0v) is 26.3. The van der Waals surface area contributed by atoms with Crippen molar-refractivity contribution in [3.63, 3.8) is 0 Å². The molecule has 9 heteroatoms. The normalized spacial score (nSPS) is 23.0. The molecule has 1 saturated carbocycles. The zero-order chi connectivity index (χ0) is 31.6. The van der Waals surface area contributed by atoms with Gasteiger partial charge in [0.2, 0.25) is 0 Å². The molecule has 4 atom stereocenters. The molecule has 0 amide bonds. The Balaban J connectivity index is 1.06. The topological polar surface area (TPSA) is 90.2 Å². The van der Waals surface area contributed by atoms with Crippen LogP contribution < -0.4 is 4.90 Å². The number of ether oxygens (including phenoxy) is 1. The second-order valence-electron chi connectivity index (χ2n) is 13.7. The van der Waals surface area contributed by atoms with Crippen LogP contribution in [0.3, 0.4) is 0 Å². The van der Waals surface area contributed by atoms with Gasteiger partial charge < -0.3 is 9.64 Å². The first kappa shape index (κ1) is 29.2. The number of alkyl halides is 1. The standard InChI is InChI=1S/C37H38FN5O3/c1-22-18-40-42(2)36(22)25-5-3-23(4-6-25)13-34(44)32(17-35(45)37(38)11-12-37)30-10-9-24-7-8-26(14-31(24)30)33-16-27(19-39-41-33)43-20-29-15-28(43)21-46-29/h3-8,14,16,18-19,28-30,32H,9-13,15,17,20-21H2,1-2H3/t28-,29-,30+,32-/m0/s1. The van der Waals surface area contributed by atoms with Crippen LogP contribution in [0, 0.1) is 12.8 Å². The van der Waals surface area contributed by atoms with Crippen molar-refractivity contribution >= 4 is 17.3 Å². The minimum Gasteiger partial charge on any atom is -0.374 e. The van der Waals surface area contributed by atoms with Crippen LogP contribution in [0.5, 0.6) is 0 Å². The van der Waals surface area contributed by atoms with Gasteiger partial charge in [-0.3, -0.25) is 14.3 Å². The summed E-state index contributed by atoms with van der Waals surface area (Å²) >= 11 is 0. The molecule has 0 radical (unpaired) electrons. The van der Waals surface area contributed by atoms with E-state index < -0.39 is 17.4 Å². The highest BCUT2D eigenvalue weighted by molar-refractivity contribution is 5.95. The third-order valence-electron chi connectivity index (χ3n) is 10.7. The SMILES string of the molecule is Cc1cnn(C)c1-c1ccc(CC(=O)[C@@H](CC(=O)C2(F)CC2)[C@@H]2CCc3ccc(-c4cc(N5C[C@@H]6C[C@H]5CO6)cnn4)cc32)cc1. The smallest absolute Gasteiger partial charge is 0.170 e. The van der Waals surface area contributed by atoms with Gasteiger partial charge in [-0.15, -0.1) is 0 Å². The number of aromatic nitrogens is 4. The van der Waals surface area contributed by atoms with Crippen LogP contribution in [0.15, 0.2) is 60.9 Å². The fraction of sp³-hybridized carbons (Fsp3) is 0.432. The number of aryl methyl sites for hydroxylation is 3. The highest BCUT2D eigenvalue weighted by atomic mass is 19.1. The first-order chi connectivity index (χ1) is 22.3. The number of hydrogen-bond donors (Lipinski definition) is 0. The number of carbonyl (C=O) groups is 2. The van der Waals surface area contributed by atoms with Crippen molar-refractivity contribution < 1.29 is 18.7 Å². The molecular formula is C37H38FN5O3. The molecule has 2 aliphatic carbocycles. The fourth-order valence-corrected chi connectivity index (χ4v) is 7.91. The minimum atomic E-state index is -1.76. The van der Waals surface area contributed by atoms with Gasteiger partial charge in [0.25, 0.3) is 0 Å². The van der Waals surface area contributed by atoms with Gasteiger partial charge in [0.1, 0.15) is 5.78 Å². The molecule has 4 aromatic rings. The maximum Gasteiger partial charge on any atom is 0.170 e. The summed E-state index contributed by atoms with van der Waals surface area (Å²) in [6.45, 7) is 3.63. The van der Waals surface area contributed by atoms with Crippen LogP contribution in [0.25, 0.3) is 22.5 Å². The van der Waals surface area contributed by atoms with E-state index >= 15 is 0 Å². The lowest BCUT2D eigenvalue weighted by Crippen LogP contribution is -2.37. The maximum absolute atomic E-state index is 15.0. The summed E-state index contributed by atoms with van der Waals surface area (Å²) in [6, 6.07) is 16.7. The van der Waals surface area contributed by atoms with Crippen molar-refractivity contribution in [2.24, 2.45) is 13.0 Å². The molecular weight excluding hydrogens is 581 g/mol. The number of hydrogen-bond acceptors (Lipinski definition) is 7. The molecule has 236 valence electrons. The number of benzene rings is 2. The van der Waals surface area contributed by atoms with Crippen molar-refractivity contribution in [1.82, 2.24) is 20.0 Å². The highest BCUT2D eigenvalue weighted by Crippen LogP contribution is 2.47. The summed E-state index contributed by atoms with van der Waals surface area (Å²) in [5.41, 5.74) is 7.26. The molecule has 4 aliphatic rings. The Bertz CT molecular complexity index is 1810. The predicted molar refractivity (Wildman–Crippen MR) is 172 cm³/mol. The van der Waals surface area contributed by atoms with Crippen LogP contribution in [0.4, 0.5) is 10.1 Å². The average molecular weight is 620 g/mol. The molecule has 0 spiro atoms. The number of ketones is 2. The van der Waals surface area contributed by atoms with Crippen molar-refractivity contribution in [2.75, 3.05) is 18.1 Å².